The standard InChI is InChI=1S/C15H17BrN2O2S/c1-10-3-5-12(14(16)7-10)9-18-13-6-4-11(2)15(8-13)21(17,19)20/h3-8,18H,9H2,1-2H3,(H2,17,19,20). The predicted molar refractivity (Wildman–Crippen MR) is 88.8 cm³/mol. The van der Waals surface area contributed by atoms with Crippen molar-refractivity contribution in [3.63, 3.8) is 0 Å². The third-order valence-corrected chi connectivity index (χ3v) is 4.98. The van der Waals surface area contributed by atoms with Gasteiger partial charge in [-0.05, 0) is 48.7 Å². The number of primary sulfonamides is 1. The Labute approximate surface area is 133 Å². The summed E-state index contributed by atoms with van der Waals surface area (Å²) < 4.78 is 24.1. The van der Waals surface area contributed by atoms with Gasteiger partial charge in [0, 0.05) is 16.7 Å². The molecule has 0 spiro atoms. The van der Waals surface area contributed by atoms with Gasteiger partial charge in [-0.3, -0.25) is 0 Å². The normalized spacial score (nSPS) is 11.4. The van der Waals surface area contributed by atoms with E-state index < -0.39 is 10.0 Å². The van der Waals surface area contributed by atoms with Crippen LogP contribution in [-0.2, 0) is 16.6 Å². The monoisotopic (exact) mass is 368 g/mol. The lowest BCUT2D eigenvalue weighted by atomic mass is 10.1. The van der Waals surface area contributed by atoms with Crippen molar-refractivity contribution in [3.8, 4) is 0 Å². The third-order valence-electron chi connectivity index (χ3n) is 3.19. The van der Waals surface area contributed by atoms with E-state index in [1.807, 2.05) is 31.2 Å². The van der Waals surface area contributed by atoms with Gasteiger partial charge in [0.2, 0.25) is 10.0 Å². The molecule has 3 N–H and O–H groups in total. The van der Waals surface area contributed by atoms with Crippen LogP contribution < -0.4 is 10.5 Å². The number of benzene rings is 2. The molecule has 0 fully saturated rings. The molecule has 2 aromatic rings. The SMILES string of the molecule is Cc1ccc(CNc2ccc(C)c(S(N)(=O)=O)c2)c(Br)c1. The first-order valence-corrected chi connectivity index (χ1v) is 8.73. The molecule has 0 saturated heterocycles. The van der Waals surface area contributed by atoms with E-state index in [1.54, 1.807) is 19.1 Å². The number of hydrogen-bond donors (Lipinski definition) is 2. The highest BCUT2D eigenvalue weighted by Gasteiger charge is 2.12. The first kappa shape index (κ1) is 16.0. The van der Waals surface area contributed by atoms with Gasteiger partial charge < -0.3 is 5.32 Å². The smallest absolute Gasteiger partial charge is 0.238 e. The molecule has 0 aliphatic carbocycles. The van der Waals surface area contributed by atoms with Crippen LogP contribution in [0.1, 0.15) is 16.7 Å². The Morgan fingerprint density at radius 2 is 1.86 bits per heavy atom. The van der Waals surface area contributed by atoms with Crippen molar-refractivity contribution in [2.45, 2.75) is 25.3 Å². The largest absolute Gasteiger partial charge is 0.381 e. The van der Waals surface area contributed by atoms with Crippen molar-refractivity contribution in [2.24, 2.45) is 5.14 Å². The fourth-order valence-corrected chi connectivity index (χ4v) is 3.45. The van der Waals surface area contributed by atoms with Crippen molar-refractivity contribution >= 4 is 31.6 Å². The predicted octanol–water partition coefficient (Wildman–Crippen LogP) is 3.33. The number of sulfonamides is 1. The van der Waals surface area contributed by atoms with Gasteiger partial charge in [-0.2, -0.15) is 0 Å². The summed E-state index contributed by atoms with van der Waals surface area (Å²) in [7, 11) is -3.70. The zero-order chi connectivity index (χ0) is 15.6. The summed E-state index contributed by atoms with van der Waals surface area (Å²) in [6.45, 7) is 4.34. The number of halogens is 1. The van der Waals surface area contributed by atoms with E-state index in [4.69, 9.17) is 5.14 Å². The average molecular weight is 369 g/mol. The summed E-state index contributed by atoms with van der Waals surface area (Å²) in [4.78, 5) is 0.149. The number of aryl methyl sites for hydroxylation is 2. The van der Waals surface area contributed by atoms with Gasteiger partial charge in [0.25, 0.3) is 0 Å². The highest BCUT2D eigenvalue weighted by atomic mass is 79.9. The Kier molecular flexibility index (Phi) is 4.70. The maximum Gasteiger partial charge on any atom is 0.238 e. The van der Waals surface area contributed by atoms with Crippen LogP contribution in [0, 0.1) is 13.8 Å². The minimum Gasteiger partial charge on any atom is -0.381 e. The topological polar surface area (TPSA) is 72.2 Å². The van der Waals surface area contributed by atoms with Gasteiger partial charge in [-0.15, -0.1) is 0 Å². The summed E-state index contributed by atoms with van der Waals surface area (Å²) in [6, 6.07) is 11.3. The maximum absolute atomic E-state index is 11.5. The molecule has 0 heterocycles. The number of nitrogens with two attached hydrogens (primary N) is 1. The number of anilines is 1. The van der Waals surface area contributed by atoms with E-state index in [0.717, 1.165) is 15.7 Å². The van der Waals surface area contributed by atoms with Gasteiger partial charge in [-0.25, -0.2) is 13.6 Å². The van der Waals surface area contributed by atoms with Crippen molar-refractivity contribution in [1.29, 1.82) is 0 Å². The Morgan fingerprint density at radius 3 is 2.48 bits per heavy atom. The lowest BCUT2D eigenvalue weighted by Gasteiger charge is -2.11. The summed E-state index contributed by atoms with van der Waals surface area (Å²) >= 11 is 3.52. The molecule has 0 atom stereocenters. The van der Waals surface area contributed by atoms with Crippen LogP contribution in [-0.4, -0.2) is 8.42 Å². The Hall–Kier alpha value is -1.37. The molecule has 0 saturated carbocycles. The van der Waals surface area contributed by atoms with Crippen molar-refractivity contribution in [1.82, 2.24) is 0 Å². The Bertz CT molecular complexity index is 773. The van der Waals surface area contributed by atoms with Gasteiger partial charge in [0.05, 0.1) is 4.90 Å². The first-order valence-electron chi connectivity index (χ1n) is 6.40. The van der Waals surface area contributed by atoms with Crippen LogP contribution in [0.15, 0.2) is 45.8 Å². The summed E-state index contributed by atoms with van der Waals surface area (Å²) in [5.41, 5.74) is 3.63. The van der Waals surface area contributed by atoms with E-state index in [1.165, 1.54) is 5.56 Å². The van der Waals surface area contributed by atoms with E-state index in [-0.39, 0.29) is 4.90 Å². The molecule has 0 bridgehead atoms. The molecule has 2 rings (SSSR count). The molecule has 0 unspecified atom stereocenters. The van der Waals surface area contributed by atoms with Gasteiger partial charge in [0.15, 0.2) is 0 Å². The van der Waals surface area contributed by atoms with Crippen molar-refractivity contribution < 1.29 is 8.42 Å². The van der Waals surface area contributed by atoms with E-state index in [0.29, 0.717) is 12.1 Å². The molecule has 4 nitrogen and oxygen atoms in total. The van der Waals surface area contributed by atoms with Crippen LogP contribution >= 0.6 is 15.9 Å². The fraction of sp³-hybridized carbons (Fsp3) is 0.200. The van der Waals surface area contributed by atoms with Crippen LogP contribution in [0.2, 0.25) is 0 Å². The van der Waals surface area contributed by atoms with Crippen molar-refractivity contribution in [2.75, 3.05) is 5.32 Å². The molecule has 0 aliphatic rings. The average Bonchev–Trinajstić information content (AvgIpc) is 2.38. The molecule has 0 amide bonds. The molecular formula is C15H17BrN2O2S. The zero-order valence-corrected chi connectivity index (χ0v) is 14.3. The molecule has 21 heavy (non-hydrogen) atoms. The highest BCUT2D eigenvalue weighted by Crippen LogP contribution is 2.22. The number of nitrogens with one attached hydrogen (secondary N) is 1. The Balaban J connectivity index is 2.21. The molecule has 0 aliphatic heterocycles. The fourth-order valence-electron chi connectivity index (χ4n) is 2.01. The maximum atomic E-state index is 11.5. The lowest BCUT2D eigenvalue weighted by Crippen LogP contribution is -2.14. The number of hydrogen-bond acceptors (Lipinski definition) is 3. The van der Waals surface area contributed by atoms with Crippen LogP contribution in [0.25, 0.3) is 0 Å². The van der Waals surface area contributed by atoms with Crippen LogP contribution in [0.3, 0.4) is 0 Å². The van der Waals surface area contributed by atoms with E-state index >= 15 is 0 Å². The van der Waals surface area contributed by atoms with Crippen LogP contribution in [0.4, 0.5) is 5.69 Å². The van der Waals surface area contributed by atoms with E-state index in [9.17, 15) is 8.42 Å². The first-order chi connectivity index (χ1) is 9.77. The lowest BCUT2D eigenvalue weighted by molar-refractivity contribution is 0.597. The second-order valence-corrected chi connectivity index (χ2v) is 7.36. The molecule has 6 heteroatoms. The zero-order valence-electron chi connectivity index (χ0n) is 11.9. The van der Waals surface area contributed by atoms with Gasteiger partial charge >= 0.3 is 0 Å². The minimum absolute atomic E-state index is 0.149. The van der Waals surface area contributed by atoms with E-state index in [2.05, 4.69) is 21.2 Å². The van der Waals surface area contributed by atoms with Gasteiger partial charge in [0.1, 0.15) is 0 Å². The molecule has 2 aromatic carbocycles. The third kappa shape index (κ3) is 4.06. The number of rotatable bonds is 4. The second kappa shape index (κ2) is 6.17. The molecule has 0 radical (unpaired) electrons. The molecule has 112 valence electrons. The van der Waals surface area contributed by atoms with Crippen molar-refractivity contribution in [3.05, 3.63) is 57.6 Å². The van der Waals surface area contributed by atoms with Gasteiger partial charge in [-0.1, -0.05) is 34.1 Å². The summed E-state index contributed by atoms with van der Waals surface area (Å²) in [5, 5.41) is 8.42. The second-order valence-electron chi connectivity index (χ2n) is 4.97. The molecule has 0 aromatic heterocycles. The Morgan fingerprint density at radius 1 is 1.14 bits per heavy atom. The highest BCUT2D eigenvalue weighted by molar-refractivity contribution is 9.10. The summed E-state index contributed by atoms with van der Waals surface area (Å²) in [6.07, 6.45) is 0. The molecular weight excluding hydrogens is 352 g/mol. The van der Waals surface area contributed by atoms with Crippen LogP contribution in [0.5, 0.6) is 0 Å². The summed E-state index contributed by atoms with van der Waals surface area (Å²) in [5.74, 6) is 0. The quantitative estimate of drug-likeness (QED) is 0.869. The minimum atomic E-state index is -3.70.